The summed E-state index contributed by atoms with van der Waals surface area (Å²) in [5, 5.41) is 10.9. The van der Waals surface area contributed by atoms with Crippen LogP contribution in [0.3, 0.4) is 0 Å². The van der Waals surface area contributed by atoms with Gasteiger partial charge in [0.15, 0.2) is 0 Å². The molecule has 152 valence electrons. The molecule has 0 aliphatic carbocycles. The zero-order valence-corrected chi connectivity index (χ0v) is 18.1. The van der Waals surface area contributed by atoms with Crippen LogP contribution >= 0.6 is 22.9 Å². The van der Waals surface area contributed by atoms with Crippen molar-refractivity contribution >= 4 is 33.8 Å². The van der Waals surface area contributed by atoms with Gasteiger partial charge < -0.3 is 14.4 Å². The summed E-state index contributed by atoms with van der Waals surface area (Å²) < 4.78 is 8.90. The van der Waals surface area contributed by atoms with Gasteiger partial charge in [0, 0.05) is 34.6 Å². The molecule has 1 aliphatic rings. The highest BCUT2D eigenvalue weighted by molar-refractivity contribution is 7.16. The van der Waals surface area contributed by atoms with Gasteiger partial charge in [0.1, 0.15) is 12.4 Å². The normalized spacial score (nSPS) is 16.9. The Bertz CT molecular complexity index is 1050. The first-order valence-electron chi connectivity index (χ1n) is 9.91. The van der Waals surface area contributed by atoms with Crippen LogP contribution in [0.4, 0.5) is 0 Å². The molecule has 0 bridgehead atoms. The first-order valence-corrected chi connectivity index (χ1v) is 11.1. The maximum atomic E-state index is 9.70. The highest BCUT2D eigenvalue weighted by Crippen LogP contribution is 2.31. The summed E-state index contributed by atoms with van der Waals surface area (Å²) in [4.78, 5) is 3.61. The van der Waals surface area contributed by atoms with Gasteiger partial charge in [-0.3, -0.25) is 4.90 Å². The summed E-state index contributed by atoms with van der Waals surface area (Å²) in [6.07, 6.45) is 4.44. The van der Waals surface area contributed by atoms with Gasteiger partial charge in [-0.05, 0) is 62.2 Å². The fourth-order valence-electron chi connectivity index (χ4n) is 4.02. The zero-order valence-electron chi connectivity index (χ0n) is 16.5. The lowest BCUT2D eigenvalue weighted by atomic mass is 10.1. The monoisotopic (exact) mass is 428 g/mol. The van der Waals surface area contributed by atoms with E-state index in [1.54, 1.807) is 11.3 Å². The zero-order chi connectivity index (χ0) is 20.2. The molecule has 0 radical (unpaired) electrons. The number of fused-ring (bicyclic) bond motifs is 1. The second kappa shape index (κ2) is 9.23. The number of likely N-dealkylation sites (tertiary alicyclic amines) is 1. The molecule has 29 heavy (non-hydrogen) atoms. The van der Waals surface area contributed by atoms with Crippen LogP contribution in [0.1, 0.15) is 30.2 Å². The lowest BCUT2D eigenvalue weighted by Gasteiger charge is -2.22. The Hall–Kier alpha value is -1.97. The van der Waals surface area contributed by atoms with Gasteiger partial charge in [0.25, 0.3) is 0 Å². The summed E-state index contributed by atoms with van der Waals surface area (Å²) in [6, 6.07) is 10.5. The van der Waals surface area contributed by atoms with Gasteiger partial charge in [-0.25, -0.2) is 0 Å². The number of benzene rings is 1. The average molecular weight is 429 g/mol. The maximum Gasteiger partial charge on any atom is 0.149 e. The minimum Gasteiger partial charge on any atom is -0.481 e. The number of aliphatic hydroxyl groups is 1. The molecule has 1 fully saturated rings. The average Bonchev–Trinajstić information content (AvgIpc) is 3.42. The van der Waals surface area contributed by atoms with Crippen LogP contribution < -0.4 is 4.74 Å². The molecule has 6 heteroatoms. The van der Waals surface area contributed by atoms with Crippen molar-refractivity contribution in [3.05, 3.63) is 51.3 Å². The van der Waals surface area contributed by atoms with Crippen LogP contribution in [0.5, 0.6) is 5.75 Å². The third-order valence-corrected chi connectivity index (χ3v) is 6.68. The number of hydrogen-bond acceptors (Lipinski definition) is 4. The number of aromatic nitrogens is 1. The van der Waals surface area contributed by atoms with Crippen LogP contribution in [0, 0.1) is 11.8 Å². The van der Waals surface area contributed by atoms with Crippen molar-refractivity contribution in [3.63, 3.8) is 0 Å². The third-order valence-electron chi connectivity index (χ3n) is 5.46. The van der Waals surface area contributed by atoms with Crippen molar-refractivity contribution < 1.29 is 9.84 Å². The molecule has 3 heterocycles. The molecule has 1 aromatic carbocycles. The lowest BCUT2D eigenvalue weighted by Crippen LogP contribution is -2.31. The highest BCUT2D eigenvalue weighted by atomic mass is 35.5. The van der Waals surface area contributed by atoms with Crippen LogP contribution in [0.25, 0.3) is 10.9 Å². The van der Waals surface area contributed by atoms with E-state index in [0.29, 0.717) is 6.61 Å². The van der Waals surface area contributed by atoms with Crippen molar-refractivity contribution in [2.45, 2.75) is 38.9 Å². The maximum absolute atomic E-state index is 9.70. The summed E-state index contributed by atoms with van der Waals surface area (Å²) >= 11 is 7.74. The quantitative estimate of drug-likeness (QED) is 0.551. The van der Waals surface area contributed by atoms with Crippen LogP contribution in [-0.2, 0) is 13.1 Å². The van der Waals surface area contributed by atoms with E-state index in [1.807, 2.05) is 19.1 Å². The van der Waals surface area contributed by atoms with Crippen molar-refractivity contribution in [1.82, 2.24) is 9.47 Å². The number of aliphatic hydroxyl groups excluding tert-OH is 1. The molecule has 3 aromatic rings. The molecular weight excluding hydrogens is 404 g/mol. The third kappa shape index (κ3) is 4.62. The molecule has 0 spiro atoms. The molecule has 2 aromatic heterocycles. The molecular formula is C23H25ClN2O2S. The van der Waals surface area contributed by atoms with Gasteiger partial charge in [-0.15, -0.1) is 17.3 Å². The molecule has 4 nitrogen and oxygen atoms in total. The number of nitrogens with zero attached hydrogens (tertiary/aromatic N) is 2. The number of halogens is 1. The van der Waals surface area contributed by atoms with E-state index in [1.165, 1.54) is 21.3 Å². The Balaban J connectivity index is 1.67. The number of hydrogen-bond donors (Lipinski definition) is 1. The SMILES string of the molecule is CC#CCOc1ccc2c(c1)c(CN1CCC[C@H]1CO)cn2Cc1ccc(Cl)s1. The van der Waals surface area contributed by atoms with Crippen LogP contribution in [-0.4, -0.2) is 40.4 Å². The Morgan fingerprint density at radius 2 is 2.17 bits per heavy atom. The summed E-state index contributed by atoms with van der Waals surface area (Å²) in [5.41, 5.74) is 2.44. The fourth-order valence-corrected chi connectivity index (χ4v) is 5.11. The van der Waals surface area contributed by atoms with Crippen LogP contribution in [0.15, 0.2) is 36.5 Å². The smallest absolute Gasteiger partial charge is 0.149 e. The van der Waals surface area contributed by atoms with E-state index in [9.17, 15) is 5.11 Å². The molecule has 4 rings (SSSR count). The second-order valence-corrected chi connectivity index (χ2v) is 9.13. The molecule has 0 saturated carbocycles. The standard InChI is InChI=1S/C23H25ClN2O2S/c1-2-3-11-28-19-6-8-22-21(12-19)17(13-25-10-4-5-18(25)16-27)14-26(22)15-20-7-9-23(24)29-20/h6-9,12,14,18,27H,4-5,10-11,13,15-16H2,1H3/t18-/m0/s1. The van der Waals surface area contributed by atoms with E-state index in [4.69, 9.17) is 16.3 Å². The summed E-state index contributed by atoms with van der Waals surface area (Å²) in [5.74, 6) is 6.64. The van der Waals surface area contributed by atoms with Gasteiger partial charge in [0.05, 0.1) is 17.5 Å². The van der Waals surface area contributed by atoms with Gasteiger partial charge >= 0.3 is 0 Å². The number of thiophene rings is 1. The molecule has 0 unspecified atom stereocenters. The summed E-state index contributed by atoms with van der Waals surface area (Å²) in [7, 11) is 0. The van der Waals surface area contributed by atoms with E-state index in [2.05, 4.69) is 45.7 Å². The molecule has 1 aliphatic heterocycles. The van der Waals surface area contributed by atoms with Crippen molar-refractivity contribution in [2.24, 2.45) is 0 Å². The van der Waals surface area contributed by atoms with E-state index in [-0.39, 0.29) is 12.6 Å². The van der Waals surface area contributed by atoms with E-state index >= 15 is 0 Å². The number of rotatable bonds is 7. The first kappa shape index (κ1) is 20.3. The Morgan fingerprint density at radius 3 is 2.93 bits per heavy atom. The number of ether oxygens (including phenoxy) is 1. The fraction of sp³-hybridized carbons (Fsp3) is 0.391. The van der Waals surface area contributed by atoms with Gasteiger partial charge in [0.2, 0.25) is 0 Å². The molecule has 0 amide bonds. The van der Waals surface area contributed by atoms with Gasteiger partial charge in [-0.2, -0.15) is 0 Å². The second-order valence-electron chi connectivity index (χ2n) is 7.33. The first-order chi connectivity index (χ1) is 14.2. The highest BCUT2D eigenvalue weighted by Gasteiger charge is 2.25. The molecule has 1 saturated heterocycles. The van der Waals surface area contributed by atoms with E-state index in [0.717, 1.165) is 42.6 Å². The Morgan fingerprint density at radius 1 is 1.28 bits per heavy atom. The minimum atomic E-state index is 0.219. The molecule has 1 atom stereocenters. The van der Waals surface area contributed by atoms with Crippen molar-refractivity contribution in [1.29, 1.82) is 0 Å². The predicted octanol–water partition coefficient (Wildman–Crippen LogP) is 4.76. The van der Waals surface area contributed by atoms with Crippen molar-refractivity contribution in [2.75, 3.05) is 19.8 Å². The van der Waals surface area contributed by atoms with Crippen LogP contribution in [0.2, 0.25) is 4.34 Å². The van der Waals surface area contributed by atoms with Crippen molar-refractivity contribution in [3.8, 4) is 17.6 Å². The summed E-state index contributed by atoms with van der Waals surface area (Å²) in [6.45, 7) is 5.08. The minimum absolute atomic E-state index is 0.219. The Kier molecular flexibility index (Phi) is 6.46. The lowest BCUT2D eigenvalue weighted by molar-refractivity contribution is 0.154. The van der Waals surface area contributed by atoms with Gasteiger partial charge in [-0.1, -0.05) is 17.5 Å². The predicted molar refractivity (Wildman–Crippen MR) is 120 cm³/mol. The van der Waals surface area contributed by atoms with E-state index < -0.39 is 0 Å². The Labute approximate surface area is 180 Å². The molecule has 1 N–H and O–H groups in total. The topological polar surface area (TPSA) is 37.6 Å². The largest absolute Gasteiger partial charge is 0.481 e.